The van der Waals surface area contributed by atoms with Gasteiger partial charge in [-0.1, -0.05) is 62.2 Å². The summed E-state index contributed by atoms with van der Waals surface area (Å²) in [6.07, 6.45) is 6.21. The van der Waals surface area contributed by atoms with E-state index in [1.807, 2.05) is 73.0 Å². The molecule has 7 nitrogen and oxygen atoms in total. The Bertz CT molecular complexity index is 1280. The number of para-hydroxylation sites is 2. The molecule has 0 fully saturated rings. The van der Waals surface area contributed by atoms with Crippen LogP contribution in [-0.4, -0.2) is 26.2 Å². The molecule has 0 bridgehead atoms. The van der Waals surface area contributed by atoms with Crippen LogP contribution in [0.5, 0.6) is 0 Å². The summed E-state index contributed by atoms with van der Waals surface area (Å²) in [5.74, 6) is 2.12. The fourth-order valence-electron chi connectivity index (χ4n) is 4.25. The molecule has 4 rings (SSSR count). The van der Waals surface area contributed by atoms with Crippen molar-refractivity contribution in [1.29, 1.82) is 0 Å². The SMILES string of the molecule is CCC(=O)CCCCC[C@H](NC(=O)Cn1c(C)nc2ccccc21)c1ncc(-c2ccccc2)o1. The molecule has 0 radical (unpaired) electrons. The fraction of sp³-hybridized carbons (Fsp3) is 0.357. The van der Waals surface area contributed by atoms with Gasteiger partial charge in [-0.05, 0) is 31.9 Å². The van der Waals surface area contributed by atoms with E-state index in [2.05, 4.69) is 15.3 Å². The number of nitrogens with zero attached hydrogens (tertiary/aromatic N) is 3. The van der Waals surface area contributed by atoms with Crippen molar-refractivity contribution in [3.8, 4) is 11.3 Å². The van der Waals surface area contributed by atoms with Gasteiger partial charge in [0, 0.05) is 18.4 Å². The average Bonchev–Trinajstić information content (AvgIpc) is 3.48. The molecule has 1 N–H and O–H groups in total. The number of imidazole rings is 1. The zero-order valence-electron chi connectivity index (χ0n) is 20.4. The molecule has 2 heterocycles. The molecule has 0 aliphatic rings. The van der Waals surface area contributed by atoms with Crippen LogP contribution in [-0.2, 0) is 16.1 Å². The summed E-state index contributed by atoms with van der Waals surface area (Å²) in [4.78, 5) is 33.8. The molecule has 2 aromatic carbocycles. The van der Waals surface area contributed by atoms with Crippen molar-refractivity contribution in [3.63, 3.8) is 0 Å². The lowest BCUT2D eigenvalue weighted by Gasteiger charge is -2.17. The molecule has 35 heavy (non-hydrogen) atoms. The second-order valence-electron chi connectivity index (χ2n) is 8.77. The van der Waals surface area contributed by atoms with E-state index in [1.165, 1.54) is 0 Å². The third-order valence-corrected chi connectivity index (χ3v) is 6.21. The van der Waals surface area contributed by atoms with Crippen LogP contribution in [0.2, 0.25) is 0 Å². The van der Waals surface area contributed by atoms with Gasteiger partial charge in [0.25, 0.3) is 0 Å². The smallest absolute Gasteiger partial charge is 0.240 e. The van der Waals surface area contributed by atoms with E-state index in [4.69, 9.17) is 4.42 Å². The van der Waals surface area contributed by atoms with E-state index in [9.17, 15) is 9.59 Å². The number of unbranched alkanes of at least 4 members (excludes halogenated alkanes) is 2. The van der Waals surface area contributed by atoms with Crippen LogP contribution in [0.25, 0.3) is 22.4 Å². The Morgan fingerprint density at radius 1 is 1.03 bits per heavy atom. The number of rotatable bonds is 12. The van der Waals surface area contributed by atoms with Gasteiger partial charge in [-0.2, -0.15) is 0 Å². The summed E-state index contributed by atoms with van der Waals surface area (Å²) in [5.41, 5.74) is 2.74. The molecule has 7 heteroatoms. The Kier molecular flexibility index (Phi) is 8.08. The number of amides is 1. The van der Waals surface area contributed by atoms with Gasteiger partial charge in [-0.15, -0.1) is 0 Å². The van der Waals surface area contributed by atoms with Crippen molar-refractivity contribution in [2.45, 2.75) is 65.0 Å². The zero-order chi connectivity index (χ0) is 24.6. The molecule has 1 atom stereocenters. The van der Waals surface area contributed by atoms with Crippen LogP contribution in [0.3, 0.4) is 0 Å². The van der Waals surface area contributed by atoms with Crippen LogP contribution in [0, 0.1) is 6.92 Å². The number of hydrogen-bond donors (Lipinski definition) is 1. The zero-order valence-corrected chi connectivity index (χ0v) is 20.4. The average molecular weight is 473 g/mol. The van der Waals surface area contributed by atoms with E-state index in [1.54, 1.807) is 6.20 Å². The molecule has 0 saturated carbocycles. The Morgan fingerprint density at radius 3 is 2.60 bits per heavy atom. The summed E-state index contributed by atoms with van der Waals surface area (Å²) in [6.45, 7) is 3.97. The molecule has 2 aromatic heterocycles. The number of Topliss-reactive ketones (excluding diaryl/α,β-unsaturated/α-hetero) is 1. The van der Waals surface area contributed by atoms with E-state index in [0.29, 0.717) is 30.9 Å². The Labute approximate surface area is 205 Å². The predicted octanol–water partition coefficient (Wildman–Crippen LogP) is 5.79. The van der Waals surface area contributed by atoms with Gasteiger partial charge in [0.1, 0.15) is 24.2 Å². The van der Waals surface area contributed by atoms with Crippen molar-refractivity contribution in [2.75, 3.05) is 0 Å². The number of aryl methyl sites for hydroxylation is 1. The highest BCUT2D eigenvalue weighted by atomic mass is 16.4. The molecule has 0 unspecified atom stereocenters. The first-order valence-electron chi connectivity index (χ1n) is 12.3. The van der Waals surface area contributed by atoms with Gasteiger partial charge in [-0.3, -0.25) is 9.59 Å². The first kappa shape index (κ1) is 24.4. The maximum atomic E-state index is 13.1. The standard InChI is InChI=1S/C28H32N4O3/c1-3-22(33)14-8-5-9-16-24(28-29-18-26(35-28)21-12-6-4-7-13-21)31-27(34)19-32-20(2)30-23-15-10-11-17-25(23)32/h4,6-7,10-13,15,17-18,24H,3,5,8-9,14,16,19H2,1-2H3,(H,31,34)/t24-/m0/s1. The Hall–Kier alpha value is -3.74. The number of carbonyl (C=O) groups excluding carboxylic acids is 2. The normalized spacial score (nSPS) is 12.1. The third kappa shape index (κ3) is 6.23. The van der Waals surface area contributed by atoms with Crippen LogP contribution in [0.1, 0.15) is 63.2 Å². The highest BCUT2D eigenvalue weighted by Crippen LogP contribution is 2.26. The predicted molar refractivity (Wildman–Crippen MR) is 136 cm³/mol. The molecule has 0 saturated heterocycles. The number of nitrogens with one attached hydrogen (secondary N) is 1. The molecular formula is C28H32N4O3. The van der Waals surface area contributed by atoms with Gasteiger partial charge in [-0.25, -0.2) is 9.97 Å². The van der Waals surface area contributed by atoms with Crippen molar-refractivity contribution in [3.05, 3.63) is 72.5 Å². The summed E-state index contributed by atoms with van der Waals surface area (Å²) in [6, 6.07) is 17.2. The van der Waals surface area contributed by atoms with Gasteiger partial charge in [0.05, 0.1) is 17.2 Å². The van der Waals surface area contributed by atoms with Gasteiger partial charge in [0.15, 0.2) is 5.76 Å². The van der Waals surface area contributed by atoms with E-state index in [0.717, 1.165) is 41.7 Å². The number of aromatic nitrogens is 3. The van der Waals surface area contributed by atoms with Crippen LogP contribution in [0.4, 0.5) is 0 Å². The van der Waals surface area contributed by atoms with E-state index >= 15 is 0 Å². The molecule has 0 spiro atoms. The Morgan fingerprint density at radius 2 is 1.80 bits per heavy atom. The fourth-order valence-corrected chi connectivity index (χ4v) is 4.25. The number of ketones is 1. The first-order valence-corrected chi connectivity index (χ1v) is 12.3. The van der Waals surface area contributed by atoms with E-state index < -0.39 is 0 Å². The number of hydrogen-bond acceptors (Lipinski definition) is 5. The maximum absolute atomic E-state index is 13.1. The largest absolute Gasteiger partial charge is 0.438 e. The van der Waals surface area contributed by atoms with Crippen LogP contribution < -0.4 is 5.32 Å². The second kappa shape index (κ2) is 11.6. The second-order valence-corrected chi connectivity index (χ2v) is 8.77. The van der Waals surface area contributed by atoms with Gasteiger partial charge < -0.3 is 14.3 Å². The summed E-state index contributed by atoms with van der Waals surface area (Å²) in [5, 5.41) is 3.13. The lowest BCUT2D eigenvalue weighted by molar-refractivity contribution is -0.122. The number of fused-ring (bicyclic) bond motifs is 1. The summed E-state index contributed by atoms with van der Waals surface area (Å²) in [7, 11) is 0. The quantitative estimate of drug-likeness (QED) is 0.264. The number of benzene rings is 2. The molecule has 0 aliphatic carbocycles. The van der Waals surface area contributed by atoms with Gasteiger partial charge in [0.2, 0.25) is 11.8 Å². The van der Waals surface area contributed by atoms with Crippen molar-refractivity contribution < 1.29 is 14.0 Å². The monoisotopic (exact) mass is 472 g/mol. The molecule has 182 valence electrons. The molecule has 0 aliphatic heterocycles. The maximum Gasteiger partial charge on any atom is 0.240 e. The van der Waals surface area contributed by atoms with Crippen molar-refractivity contribution >= 4 is 22.7 Å². The number of carbonyl (C=O) groups is 2. The number of oxazole rings is 1. The minimum atomic E-state index is -0.350. The third-order valence-electron chi connectivity index (χ3n) is 6.21. The molecular weight excluding hydrogens is 440 g/mol. The van der Waals surface area contributed by atoms with Gasteiger partial charge >= 0.3 is 0 Å². The highest BCUT2D eigenvalue weighted by Gasteiger charge is 2.21. The topological polar surface area (TPSA) is 90.0 Å². The van der Waals surface area contributed by atoms with Crippen molar-refractivity contribution in [2.24, 2.45) is 0 Å². The highest BCUT2D eigenvalue weighted by molar-refractivity contribution is 5.81. The van der Waals surface area contributed by atoms with E-state index in [-0.39, 0.29) is 24.3 Å². The molecule has 4 aromatic rings. The summed E-state index contributed by atoms with van der Waals surface area (Å²) < 4.78 is 8.00. The van der Waals surface area contributed by atoms with Crippen LogP contribution >= 0.6 is 0 Å². The Balaban J connectivity index is 1.46. The minimum Gasteiger partial charge on any atom is -0.438 e. The summed E-state index contributed by atoms with van der Waals surface area (Å²) >= 11 is 0. The molecule has 1 amide bonds. The van der Waals surface area contributed by atoms with Crippen molar-refractivity contribution in [1.82, 2.24) is 19.9 Å². The van der Waals surface area contributed by atoms with Crippen LogP contribution in [0.15, 0.2) is 65.2 Å². The minimum absolute atomic E-state index is 0.123. The lowest BCUT2D eigenvalue weighted by atomic mass is 10.0. The first-order chi connectivity index (χ1) is 17.0. The lowest BCUT2D eigenvalue weighted by Crippen LogP contribution is -2.32.